The smallest absolute Gasteiger partial charge is 0.303 e. The molecule has 14 heteroatoms. The quantitative estimate of drug-likeness (QED) is 0.0619. The van der Waals surface area contributed by atoms with Crippen molar-refractivity contribution in [1.29, 1.82) is 0 Å². The molecule has 14 nitrogen and oxygen atoms in total. The normalized spacial score (nSPS) is 13.2. The molecule has 360 valence electrons. The fourth-order valence-electron chi connectivity index (χ4n) is 10.6. The van der Waals surface area contributed by atoms with E-state index in [1.54, 1.807) is 0 Å². The molecule has 1 amide bonds. The first-order valence-corrected chi connectivity index (χ1v) is 24.1. The second-order valence-corrected chi connectivity index (χ2v) is 18.6. The molecule has 1 aliphatic rings. The van der Waals surface area contributed by atoms with Crippen LogP contribution in [0.4, 0.5) is 0 Å². The maximum atomic E-state index is 16.2. The number of fused-ring (bicyclic) bond motifs is 10. The minimum Gasteiger partial charge on any atom is -0.481 e. The van der Waals surface area contributed by atoms with Gasteiger partial charge in [0.15, 0.2) is 5.78 Å². The first kappa shape index (κ1) is 47.2. The molecule has 2 aromatic carbocycles. The van der Waals surface area contributed by atoms with Gasteiger partial charge in [-0.1, -0.05) is 50.2 Å². The van der Waals surface area contributed by atoms with Crippen molar-refractivity contribution < 1.29 is 29.4 Å². The molecule has 9 rings (SSSR count). The topological polar surface area (TPSA) is 242 Å². The molecular formula is C56H60N8O6. The average Bonchev–Trinajstić information content (AvgIpc) is 4.18. The lowest BCUT2D eigenvalue weighted by atomic mass is 9.91. The van der Waals surface area contributed by atoms with Gasteiger partial charge in [0.25, 0.3) is 0 Å². The number of aromatic nitrogens is 6. The number of H-pyrrole nitrogens is 6. The van der Waals surface area contributed by atoms with Crippen LogP contribution < -0.4 is 32.4 Å². The van der Waals surface area contributed by atoms with Gasteiger partial charge in [-0.15, -0.1) is 0 Å². The molecule has 2 atom stereocenters. The highest BCUT2D eigenvalue weighted by atomic mass is 16.4. The summed E-state index contributed by atoms with van der Waals surface area (Å²) in [5, 5.41) is 27.6. The first-order chi connectivity index (χ1) is 33.6. The van der Waals surface area contributed by atoms with E-state index in [0.717, 1.165) is 111 Å². The van der Waals surface area contributed by atoms with Gasteiger partial charge in [0, 0.05) is 86.6 Å². The maximum Gasteiger partial charge on any atom is 0.303 e. The summed E-state index contributed by atoms with van der Waals surface area (Å²) >= 11 is 0. The molecule has 6 aromatic heterocycles. The van der Waals surface area contributed by atoms with Crippen LogP contribution >= 0.6 is 0 Å². The molecule has 8 aromatic rings. The molecule has 0 saturated heterocycles. The molecule has 0 saturated carbocycles. The molecule has 0 unspecified atom stereocenters. The number of aromatic amines is 6. The number of aliphatic carboxylic acids is 2. The van der Waals surface area contributed by atoms with Crippen LogP contribution in [0, 0.1) is 27.7 Å². The lowest BCUT2D eigenvalue weighted by molar-refractivity contribution is -0.138. The van der Waals surface area contributed by atoms with E-state index >= 15 is 4.79 Å². The van der Waals surface area contributed by atoms with E-state index in [2.05, 4.69) is 49.1 Å². The minimum atomic E-state index is -1.06. The summed E-state index contributed by atoms with van der Waals surface area (Å²) in [6, 6.07) is 13.7. The standard InChI is InChI=1S/C56H60N8O6/c1-7-34-31(6)53-52(55(69)49(22-33-27-59-42-16-12-10-14-39(33)42)64-56(70)40(57)21-32-26-58-41-15-11-9-13-38(32)41)54-35(8-2)28(3)45(62-54)23-43-29(4)36(17-19-50(65)66)47(60-43)25-48-37(18-20-51(67)68)30(5)44(61-48)24-46(34)63-53/h9-16,23-27,40,49,58-63H,7-8,17-22,57H2,1-6H3,(H,64,70)(H,65,66)(H,67,68)/t40-,49-/m0/s1. The monoisotopic (exact) mass is 940 g/mol. The van der Waals surface area contributed by atoms with Crippen LogP contribution in [0.3, 0.4) is 0 Å². The molecule has 0 aliphatic carbocycles. The second-order valence-electron chi connectivity index (χ2n) is 18.6. The Labute approximate surface area is 403 Å². The molecule has 1 aliphatic heterocycles. The number of carbonyl (C=O) groups is 4. The number of benzene rings is 2. The zero-order valence-corrected chi connectivity index (χ0v) is 40.4. The third-order valence-electron chi connectivity index (χ3n) is 14.4. The molecule has 8 bridgehead atoms. The van der Waals surface area contributed by atoms with Crippen molar-refractivity contribution in [2.45, 2.75) is 105 Å². The van der Waals surface area contributed by atoms with Crippen LogP contribution in [0.2, 0.25) is 0 Å². The Morgan fingerprint density at radius 1 is 0.600 bits per heavy atom. The van der Waals surface area contributed by atoms with Gasteiger partial charge in [0.05, 0.1) is 28.7 Å². The van der Waals surface area contributed by atoms with E-state index < -0.39 is 29.9 Å². The number of rotatable bonds is 16. The van der Waals surface area contributed by atoms with E-state index in [1.165, 1.54) is 0 Å². The van der Waals surface area contributed by atoms with Gasteiger partial charge in [0.1, 0.15) is 0 Å². The third kappa shape index (κ3) is 8.86. The fraction of sp³-hybridized carbons (Fsp3) is 0.286. The molecule has 7 heterocycles. The number of hydrogen-bond acceptors (Lipinski definition) is 5. The second kappa shape index (κ2) is 19.3. The Kier molecular flexibility index (Phi) is 13.0. The summed E-state index contributed by atoms with van der Waals surface area (Å²) in [5.41, 5.74) is 20.8. The van der Waals surface area contributed by atoms with Crippen LogP contribution in [0.5, 0.6) is 0 Å². The molecule has 0 radical (unpaired) electrons. The van der Waals surface area contributed by atoms with E-state index in [4.69, 9.17) is 5.73 Å². The van der Waals surface area contributed by atoms with E-state index in [1.807, 2.05) is 107 Å². The number of carbonyl (C=O) groups excluding carboxylic acids is 2. The fourth-order valence-corrected chi connectivity index (χ4v) is 10.6. The summed E-state index contributed by atoms with van der Waals surface area (Å²) in [6.45, 7) is 12.1. The van der Waals surface area contributed by atoms with Crippen LogP contribution in [-0.2, 0) is 57.7 Å². The van der Waals surface area contributed by atoms with Gasteiger partial charge in [-0.2, -0.15) is 0 Å². The summed E-state index contributed by atoms with van der Waals surface area (Å²) in [4.78, 5) is 75.9. The van der Waals surface area contributed by atoms with Crippen LogP contribution in [0.15, 0.2) is 60.9 Å². The van der Waals surface area contributed by atoms with Gasteiger partial charge in [-0.3, -0.25) is 19.2 Å². The Balaban J connectivity index is 1.29. The largest absolute Gasteiger partial charge is 0.481 e. The Hall–Kier alpha value is -7.84. The first-order valence-electron chi connectivity index (χ1n) is 24.1. The zero-order valence-electron chi connectivity index (χ0n) is 40.4. The average molecular weight is 941 g/mol. The molecule has 0 spiro atoms. The predicted molar refractivity (Wildman–Crippen MR) is 273 cm³/mol. The number of carboxylic acids is 2. The van der Waals surface area contributed by atoms with Crippen molar-refractivity contribution in [3.63, 3.8) is 0 Å². The summed E-state index contributed by atoms with van der Waals surface area (Å²) < 4.78 is 0. The zero-order chi connectivity index (χ0) is 49.5. The number of hydrogen-bond donors (Lipinski definition) is 10. The SMILES string of the molecule is CCc1c2[nH]c(c1C)C(C(=O)[C@H](Cc1c[nH]c3ccccc13)NC(=O)[C@@H](N)Cc1c[nH]c3ccccc13)=c1[nH]c(c(C)c1CC)=Cc1[nH]c(c(CCC(=O)O)c1C)C=c1[nH]c(c(C)c1CCC(=O)O)=C2. The molecule has 11 N–H and O–H groups in total. The van der Waals surface area contributed by atoms with Crippen molar-refractivity contribution in [2.24, 2.45) is 5.73 Å². The maximum absolute atomic E-state index is 16.2. The lowest BCUT2D eigenvalue weighted by Gasteiger charge is -2.22. The van der Waals surface area contributed by atoms with Gasteiger partial charge < -0.3 is 51.2 Å². The van der Waals surface area contributed by atoms with Crippen LogP contribution in [0.25, 0.3) is 45.6 Å². The number of nitrogens with one attached hydrogen (secondary N) is 7. The minimum absolute atomic E-state index is 0.0851. The summed E-state index contributed by atoms with van der Waals surface area (Å²) in [6.07, 6.45) is 11.7. The number of Topliss-reactive ketones (excluding diaryl/α,β-unsaturated/α-hetero) is 1. The highest BCUT2D eigenvalue weighted by molar-refractivity contribution is 6.23. The van der Waals surface area contributed by atoms with Crippen LogP contribution in [0.1, 0.15) is 105 Å². The van der Waals surface area contributed by atoms with Crippen molar-refractivity contribution in [2.75, 3.05) is 0 Å². The number of para-hydroxylation sites is 2. The molecular weight excluding hydrogens is 881 g/mol. The van der Waals surface area contributed by atoms with Crippen molar-refractivity contribution in [1.82, 2.24) is 35.2 Å². The number of carboxylic acid groups (broad SMARTS) is 2. The van der Waals surface area contributed by atoms with E-state index in [-0.39, 0.29) is 44.3 Å². The van der Waals surface area contributed by atoms with Crippen molar-refractivity contribution >= 4 is 69.2 Å². The van der Waals surface area contributed by atoms with Gasteiger partial charge in [0.2, 0.25) is 5.91 Å². The van der Waals surface area contributed by atoms with Gasteiger partial charge >= 0.3 is 11.9 Å². The van der Waals surface area contributed by atoms with Crippen molar-refractivity contribution in [3.8, 4) is 0 Å². The van der Waals surface area contributed by atoms with Gasteiger partial charge in [-0.05, 0) is 146 Å². The summed E-state index contributed by atoms with van der Waals surface area (Å²) in [5.74, 6) is -2.60. The summed E-state index contributed by atoms with van der Waals surface area (Å²) in [7, 11) is 0. The number of amides is 1. The molecule has 70 heavy (non-hydrogen) atoms. The van der Waals surface area contributed by atoms with Crippen molar-refractivity contribution in [3.05, 3.63) is 161 Å². The Bertz CT molecular complexity index is 3640. The highest BCUT2D eigenvalue weighted by Crippen LogP contribution is 2.29. The Morgan fingerprint density at radius 2 is 1.14 bits per heavy atom. The number of ketones is 1. The van der Waals surface area contributed by atoms with E-state index in [9.17, 15) is 24.6 Å². The lowest BCUT2D eigenvalue weighted by Crippen LogP contribution is -2.50. The highest BCUT2D eigenvalue weighted by Gasteiger charge is 2.32. The Morgan fingerprint density at radius 3 is 1.77 bits per heavy atom. The third-order valence-corrected chi connectivity index (χ3v) is 14.4. The van der Waals surface area contributed by atoms with Crippen LogP contribution in [-0.4, -0.2) is 75.8 Å². The van der Waals surface area contributed by atoms with E-state index in [0.29, 0.717) is 29.5 Å². The molecule has 0 fully saturated rings. The van der Waals surface area contributed by atoms with Gasteiger partial charge in [-0.25, -0.2) is 0 Å². The predicted octanol–water partition coefficient (Wildman–Crippen LogP) is 5.22. The number of nitrogens with two attached hydrogens (primary N) is 1.